The van der Waals surface area contributed by atoms with E-state index in [-0.39, 0.29) is 0 Å². The molecule has 1 aliphatic rings. The van der Waals surface area contributed by atoms with Crippen LogP contribution < -0.4 is 0 Å². The Morgan fingerprint density at radius 3 is 2.43 bits per heavy atom. The number of likely N-dealkylation sites (N-methyl/N-ethyl adjacent to an activating group) is 1. The second-order valence-electron chi connectivity index (χ2n) is 5.58. The molecule has 2 aromatic rings. The third-order valence-corrected chi connectivity index (χ3v) is 6.07. The van der Waals surface area contributed by atoms with Gasteiger partial charge in [-0.3, -0.25) is 0 Å². The molecule has 0 unspecified atom stereocenters. The molecular formula is C14H20N4O2S. The van der Waals surface area contributed by atoms with Crippen LogP contribution in [-0.4, -0.2) is 60.4 Å². The first-order valence-corrected chi connectivity index (χ1v) is 8.45. The van der Waals surface area contributed by atoms with Gasteiger partial charge in [0.05, 0.1) is 15.9 Å². The summed E-state index contributed by atoms with van der Waals surface area (Å²) in [5.74, 6) is 0.874. The summed E-state index contributed by atoms with van der Waals surface area (Å²) in [6.07, 6.45) is 0. The number of rotatable bonds is 2. The van der Waals surface area contributed by atoms with Gasteiger partial charge in [-0.2, -0.15) is 4.31 Å². The fourth-order valence-corrected chi connectivity index (χ4v) is 4.08. The Bertz CT molecular complexity index is 774. The summed E-state index contributed by atoms with van der Waals surface area (Å²) in [5, 5.41) is 0. The minimum absolute atomic E-state index is 0.331. The van der Waals surface area contributed by atoms with Crippen LogP contribution in [0.1, 0.15) is 5.82 Å². The van der Waals surface area contributed by atoms with Gasteiger partial charge >= 0.3 is 0 Å². The molecule has 6 nitrogen and oxygen atoms in total. The minimum atomic E-state index is -3.42. The van der Waals surface area contributed by atoms with E-state index in [2.05, 4.69) is 9.88 Å². The number of piperazine rings is 1. The average molecular weight is 308 g/mol. The van der Waals surface area contributed by atoms with Gasteiger partial charge in [-0.1, -0.05) is 0 Å². The Hall–Kier alpha value is -1.44. The smallest absolute Gasteiger partial charge is 0.243 e. The summed E-state index contributed by atoms with van der Waals surface area (Å²) in [6, 6.07) is 5.19. The maximum absolute atomic E-state index is 12.7. The molecule has 1 aliphatic heterocycles. The molecule has 0 saturated carbocycles. The Labute approximate surface area is 125 Å². The first kappa shape index (κ1) is 14.5. The molecule has 0 radical (unpaired) electrons. The highest BCUT2D eigenvalue weighted by Crippen LogP contribution is 2.22. The lowest BCUT2D eigenvalue weighted by molar-refractivity contribution is 0.222. The molecule has 3 rings (SSSR count). The maximum Gasteiger partial charge on any atom is 0.243 e. The average Bonchev–Trinajstić information content (AvgIpc) is 2.74. The second kappa shape index (κ2) is 5.08. The highest BCUT2D eigenvalue weighted by molar-refractivity contribution is 7.89. The Kier molecular flexibility index (Phi) is 3.51. The fourth-order valence-electron chi connectivity index (χ4n) is 2.64. The van der Waals surface area contributed by atoms with Crippen molar-refractivity contribution in [2.45, 2.75) is 11.8 Å². The van der Waals surface area contributed by atoms with E-state index in [9.17, 15) is 8.42 Å². The Morgan fingerprint density at radius 2 is 1.76 bits per heavy atom. The van der Waals surface area contributed by atoms with E-state index in [1.54, 1.807) is 16.4 Å². The van der Waals surface area contributed by atoms with Gasteiger partial charge in [-0.15, -0.1) is 0 Å². The van der Waals surface area contributed by atoms with Crippen molar-refractivity contribution in [1.29, 1.82) is 0 Å². The molecule has 0 N–H and O–H groups in total. The summed E-state index contributed by atoms with van der Waals surface area (Å²) < 4.78 is 28.9. The van der Waals surface area contributed by atoms with Crippen LogP contribution in [0.15, 0.2) is 23.1 Å². The normalized spacial score (nSPS) is 18.4. The molecule has 1 fully saturated rings. The van der Waals surface area contributed by atoms with Crippen LogP contribution in [0.3, 0.4) is 0 Å². The van der Waals surface area contributed by atoms with Gasteiger partial charge in [-0.05, 0) is 32.2 Å². The third-order valence-electron chi connectivity index (χ3n) is 4.18. The van der Waals surface area contributed by atoms with Gasteiger partial charge in [0, 0.05) is 33.2 Å². The second-order valence-corrected chi connectivity index (χ2v) is 7.51. The number of sulfonamides is 1. The highest BCUT2D eigenvalue weighted by atomic mass is 32.2. The fraction of sp³-hybridized carbons (Fsp3) is 0.500. The zero-order valence-electron chi connectivity index (χ0n) is 12.6. The molecule has 1 saturated heterocycles. The summed E-state index contributed by atoms with van der Waals surface area (Å²) in [6.45, 7) is 4.53. The number of aryl methyl sites for hydroxylation is 2. The summed E-state index contributed by atoms with van der Waals surface area (Å²) >= 11 is 0. The molecule has 0 spiro atoms. The number of nitrogens with zero attached hydrogens (tertiary/aromatic N) is 4. The van der Waals surface area contributed by atoms with Crippen LogP contribution >= 0.6 is 0 Å². The van der Waals surface area contributed by atoms with Gasteiger partial charge in [0.15, 0.2) is 0 Å². The molecule has 0 amide bonds. The molecule has 2 heterocycles. The highest BCUT2D eigenvalue weighted by Gasteiger charge is 2.27. The van der Waals surface area contributed by atoms with Crippen molar-refractivity contribution < 1.29 is 8.42 Å². The van der Waals surface area contributed by atoms with E-state index >= 15 is 0 Å². The molecule has 21 heavy (non-hydrogen) atoms. The van der Waals surface area contributed by atoms with Crippen LogP contribution in [0.5, 0.6) is 0 Å². The van der Waals surface area contributed by atoms with Gasteiger partial charge < -0.3 is 9.47 Å². The van der Waals surface area contributed by atoms with Crippen LogP contribution in [0.25, 0.3) is 11.0 Å². The van der Waals surface area contributed by atoms with Crippen LogP contribution in [0, 0.1) is 6.92 Å². The number of fused-ring (bicyclic) bond motifs is 1. The maximum atomic E-state index is 12.7. The molecule has 114 valence electrons. The Morgan fingerprint density at radius 1 is 1.10 bits per heavy atom. The quantitative estimate of drug-likeness (QED) is 0.824. The van der Waals surface area contributed by atoms with E-state index in [1.165, 1.54) is 0 Å². The van der Waals surface area contributed by atoms with Crippen molar-refractivity contribution in [2.75, 3.05) is 33.2 Å². The SMILES string of the molecule is Cc1nc2cc(S(=O)(=O)N3CCN(C)CC3)ccc2n1C. The summed E-state index contributed by atoms with van der Waals surface area (Å²) in [7, 11) is 0.513. The first-order valence-electron chi connectivity index (χ1n) is 7.01. The van der Waals surface area contributed by atoms with Crippen LogP contribution in [0.2, 0.25) is 0 Å². The monoisotopic (exact) mass is 308 g/mol. The standard InChI is InChI=1S/C14H20N4O2S/c1-11-15-13-10-12(4-5-14(13)17(11)3)21(19,20)18-8-6-16(2)7-9-18/h4-5,10H,6-9H2,1-3H3. The molecule has 1 aromatic heterocycles. The molecule has 0 bridgehead atoms. The zero-order chi connectivity index (χ0) is 15.2. The van der Waals surface area contributed by atoms with E-state index in [0.717, 1.165) is 29.9 Å². The third kappa shape index (κ3) is 2.45. The summed E-state index contributed by atoms with van der Waals surface area (Å²) in [4.78, 5) is 6.88. The van der Waals surface area contributed by atoms with Crippen LogP contribution in [-0.2, 0) is 17.1 Å². The molecule has 0 atom stereocenters. The number of imidazole rings is 1. The predicted octanol–water partition coefficient (Wildman–Crippen LogP) is 0.818. The largest absolute Gasteiger partial charge is 0.331 e. The van der Waals surface area contributed by atoms with Gasteiger partial charge in [-0.25, -0.2) is 13.4 Å². The number of benzene rings is 1. The van der Waals surface area contributed by atoms with Crippen molar-refractivity contribution in [3.63, 3.8) is 0 Å². The first-order chi connectivity index (χ1) is 9.89. The number of hydrogen-bond acceptors (Lipinski definition) is 4. The lowest BCUT2D eigenvalue weighted by Crippen LogP contribution is -2.46. The van der Waals surface area contributed by atoms with Crippen molar-refractivity contribution in [3.8, 4) is 0 Å². The molecule has 1 aromatic carbocycles. The van der Waals surface area contributed by atoms with Crippen molar-refractivity contribution >= 4 is 21.1 Å². The molecule has 7 heteroatoms. The van der Waals surface area contributed by atoms with E-state index in [0.29, 0.717) is 18.0 Å². The van der Waals surface area contributed by atoms with E-state index in [1.807, 2.05) is 31.7 Å². The zero-order valence-corrected chi connectivity index (χ0v) is 13.4. The van der Waals surface area contributed by atoms with Crippen molar-refractivity contribution in [2.24, 2.45) is 7.05 Å². The van der Waals surface area contributed by atoms with E-state index in [4.69, 9.17) is 0 Å². The lowest BCUT2D eigenvalue weighted by Gasteiger charge is -2.31. The van der Waals surface area contributed by atoms with Gasteiger partial charge in [0.25, 0.3) is 0 Å². The predicted molar refractivity (Wildman–Crippen MR) is 81.7 cm³/mol. The number of aromatic nitrogens is 2. The minimum Gasteiger partial charge on any atom is -0.331 e. The lowest BCUT2D eigenvalue weighted by atomic mass is 10.3. The van der Waals surface area contributed by atoms with Gasteiger partial charge in [0.1, 0.15) is 5.82 Å². The number of hydrogen-bond donors (Lipinski definition) is 0. The topological polar surface area (TPSA) is 58.4 Å². The molecule has 0 aliphatic carbocycles. The molecular weight excluding hydrogens is 288 g/mol. The summed E-state index contributed by atoms with van der Waals surface area (Å²) in [5.41, 5.74) is 1.68. The van der Waals surface area contributed by atoms with Crippen molar-refractivity contribution in [1.82, 2.24) is 18.8 Å². The van der Waals surface area contributed by atoms with Gasteiger partial charge in [0.2, 0.25) is 10.0 Å². The van der Waals surface area contributed by atoms with Crippen LogP contribution in [0.4, 0.5) is 0 Å². The van der Waals surface area contributed by atoms with E-state index < -0.39 is 10.0 Å². The Balaban J connectivity index is 1.99. The van der Waals surface area contributed by atoms with Crippen molar-refractivity contribution in [3.05, 3.63) is 24.0 Å².